The number of benzene rings is 1. The third-order valence-corrected chi connectivity index (χ3v) is 4.53. The first kappa shape index (κ1) is 15.5. The summed E-state index contributed by atoms with van der Waals surface area (Å²) in [5, 5.41) is 3.92. The number of anilines is 1. The zero-order valence-corrected chi connectivity index (χ0v) is 12.9. The van der Waals surface area contributed by atoms with Crippen molar-refractivity contribution in [1.29, 1.82) is 0 Å². The van der Waals surface area contributed by atoms with Crippen LogP contribution >= 0.6 is 11.6 Å². The molecule has 0 saturated carbocycles. The molecule has 20 heavy (non-hydrogen) atoms. The highest BCUT2D eigenvalue weighted by atomic mass is 35.5. The molecule has 1 saturated heterocycles. The molecule has 1 heterocycles. The van der Waals surface area contributed by atoms with Crippen LogP contribution in [0.1, 0.15) is 26.7 Å². The quantitative estimate of drug-likeness (QED) is 0.898. The van der Waals surface area contributed by atoms with Gasteiger partial charge >= 0.3 is 0 Å². The van der Waals surface area contributed by atoms with Crippen molar-refractivity contribution in [3.05, 3.63) is 29.0 Å². The van der Waals surface area contributed by atoms with Gasteiger partial charge in [0.1, 0.15) is 5.82 Å². The summed E-state index contributed by atoms with van der Waals surface area (Å²) < 4.78 is 13.4. The van der Waals surface area contributed by atoms with Gasteiger partial charge in [0.2, 0.25) is 0 Å². The van der Waals surface area contributed by atoms with Gasteiger partial charge in [-0.2, -0.15) is 0 Å². The summed E-state index contributed by atoms with van der Waals surface area (Å²) >= 11 is 6.13. The lowest BCUT2D eigenvalue weighted by Gasteiger charge is -2.43. The molecular formula is C15H23ClFN3. The fourth-order valence-electron chi connectivity index (χ4n) is 2.73. The lowest BCUT2D eigenvalue weighted by atomic mass is 9.86. The van der Waals surface area contributed by atoms with E-state index in [1.165, 1.54) is 12.1 Å². The molecule has 3 N–H and O–H groups in total. The Morgan fingerprint density at radius 2 is 2.05 bits per heavy atom. The number of hydrogen-bond donors (Lipinski definition) is 2. The smallest absolute Gasteiger partial charge is 0.125 e. The highest BCUT2D eigenvalue weighted by molar-refractivity contribution is 6.33. The molecule has 0 aliphatic carbocycles. The maximum atomic E-state index is 13.4. The maximum Gasteiger partial charge on any atom is 0.125 e. The molecule has 112 valence electrons. The highest BCUT2D eigenvalue weighted by Gasteiger charge is 2.34. The van der Waals surface area contributed by atoms with Crippen LogP contribution in [0, 0.1) is 5.82 Å². The van der Waals surface area contributed by atoms with Crippen LogP contribution in [0.3, 0.4) is 0 Å². The predicted molar refractivity (Wildman–Crippen MR) is 82.8 cm³/mol. The zero-order chi connectivity index (χ0) is 14.8. The Kier molecular flexibility index (Phi) is 4.89. The molecule has 1 aromatic carbocycles. The van der Waals surface area contributed by atoms with Crippen LogP contribution in [-0.4, -0.2) is 36.1 Å². The van der Waals surface area contributed by atoms with E-state index in [-0.39, 0.29) is 11.4 Å². The van der Waals surface area contributed by atoms with Crippen molar-refractivity contribution in [1.82, 2.24) is 4.90 Å². The van der Waals surface area contributed by atoms with Crippen molar-refractivity contribution in [2.45, 2.75) is 38.3 Å². The summed E-state index contributed by atoms with van der Waals surface area (Å²) in [5.74, 6) is -0.288. The van der Waals surface area contributed by atoms with Crippen molar-refractivity contribution in [3.8, 4) is 0 Å². The number of hydrogen-bond acceptors (Lipinski definition) is 3. The van der Waals surface area contributed by atoms with Crippen LogP contribution in [0.15, 0.2) is 18.2 Å². The van der Waals surface area contributed by atoms with Gasteiger partial charge in [-0.25, -0.2) is 4.39 Å². The molecule has 1 aliphatic heterocycles. The first-order chi connectivity index (χ1) is 9.46. The van der Waals surface area contributed by atoms with Crippen molar-refractivity contribution >= 4 is 17.3 Å². The standard InChI is InChI=1S/C15H23ClFN3/c1-11(2)20-7-5-15(10-18,6-8-20)19-14-9-12(17)3-4-13(14)16/h3-4,9,11,19H,5-8,10,18H2,1-2H3. The number of rotatable bonds is 4. The number of halogens is 2. The normalized spacial score (nSPS) is 19.3. The monoisotopic (exact) mass is 299 g/mol. The van der Waals surface area contributed by atoms with Gasteiger partial charge in [-0.1, -0.05) is 11.6 Å². The van der Waals surface area contributed by atoms with E-state index in [9.17, 15) is 4.39 Å². The van der Waals surface area contributed by atoms with Gasteiger partial charge in [0, 0.05) is 25.7 Å². The van der Waals surface area contributed by atoms with E-state index < -0.39 is 0 Å². The number of piperidine rings is 1. The van der Waals surface area contributed by atoms with E-state index in [0.29, 0.717) is 23.3 Å². The molecule has 1 aromatic rings. The lowest BCUT2D eigenvalue weighted by Crippen LogP contribution is -2.54. The molecule has 1 aliphatic rings. The van der Waals surface area contributed by atoms with E-state index in [4.69, 9.17) is 17.3 Å². The van der Waals surface area contributed by atoms with Gasteiger partial charge in [0.15, 0.2) is 0 Å². The van der Waals surface area contributed by atoms with Gasteiger partial charge in [-0.05, 0) is 44.9 Å². The second-order valence-electron chi connectivity index (χ2n) is 5.86. The van der Waals surface area contributed by atoms with Crippen molar-refractivity contribution < 1.29 is 4.39 Å². The third-order valence-electron chi connectivity index (χ3n) is 4.20. The van der Waals surface area contributed by atoms with Crippen LogP contribution in [0.4, 0.5) is 10.1 Å². The molecule has 0 bridgehead atoms. The van der Waals surface area contributed by atoms with E-state index in [2.05, 4.69) is 24.1 Å². The number of likely N-dealkylation sites (tertiary alicyclic amines) is 1. The fourth-order valence-corrected chi connectivity index (χ4v) is 2.89. The summed E-state index contributed by atoms with van der Waals surface area (Å²) in [6, 6.07) is 4.93. The molecule has 0 radical (unpaired) electrons. The predicted octanol–water partition coefficient (Wildman–Crippen LogP) is 3.09. The summed E-state index contributed by atoms with van der Waals surface area (Å²) in [5.41, 5.74) is 6.42. The van der Waals surface area contributed by atoms with Gasteiger partial charge in [-0.15, -0.1) is 0 Å². The molecule has 0 spiro atoms. The summed E-state index contributed by atoms with van der Waals surface area (Å²) in [6.07, 6.45) is 1.88. The summed E-state index contributed by atoms with van der Waals surface area (Å²) in [6.45, 7) is 6.91. The minimum atomic E-state index is -0.288. The topological polar surface area (TPSA) is 41.3 Å². The van der Waals surface area contributed by atoms with E-state index in [1.54, 1.807) is 6.07 Å². The van der Waals surface area contributed by atoms with Crippen LogP contribution < -0.4 is 11.1 Å². The minimum Gasteiger partial charge on any atom is -0.377 e. The fraction of sp³-hybridized carbons (Fsp3) is 0.600. The minimum absolute atomic E-state index is 0.192. The number of nitrogens with two attached hydrogens (primary N) is 1. The number of nitrogens with one attached hydrogen (secondary N) is 1. The molecule has 0 amide bonds. The van der Waals surface area contributed by atoms with E-state index in [1.807, 2.05) is 0 Å². The van der Waals surface area contributed by atoms with Crippen molar-refractivity contribution in [2.75, 3.05) is 25.0 Å². The molecule has 1 fully saturated rings. The lowest BCUT2D eigenvalue weighted by molar-refractivity contribution is 0.144. The molecule has 0 atom stereocenters. The first-order valence-electron chi connectivity index (χ1n) is 7.13. The van der Waals surface area contributed by atoms with Crippen LogP contribution in [0.2, 0.25) is 5.02 Å². The molecule has 2 rings (SSSR count). The van der Waals surface area contributed by atoms with Crippen molar-refractivity contribution in [2.24, 2.45) is 5.73 Å². The molecule has 3 nitrogen and oxygen atoms in total. The second-order valence-corrected chi connectivity index (χ2v) is 6.27. The average Bonchev–Trinajstić information content (AvgIpc) is 2.43. The SMILES string of the molecule is CC(C)N1CCC(CN)(Nc2cc(F)ccc2Cl)CC1. The zero-order valence-electron chi connectivity index (χ0n) is 12.1. The Hall–Kier alpha value is -0.840. The Morgan fingerprint density at radius 3 is 2.60 bits per heavy atom. The van der Waals surface area contributed by atoms with Crippen molar-refractivity contribution in [3.63, 3.8) is 0 Å². The molecule has 5 heteroatoms. The van der Waals surface area contributed by atoms with E-state index >= 15 is 0 Å². The Balaban J connectivity index is 2.11. The third kappa shape index (κ3) is 3.43. The first-order valence-corrected chi connectivity index (χ1v) is 7.51. The van der Waals surface area contributed by atoms with Crippen LogP contribution in [0.5, 0.6) is 0 Å². The molecule has 0 unspecified atom stereocenters. The summed E-state index contributed by atoms with van der Waals surface area (Å²) in [7, 11) is 0. The average molecular weight is 300 g/mol. The molecule has 0 aromatic heterocycles. The molecular weight excluding hydrogens is 277 g/mol. The van der Waals surface area contributed by atoms with Gasteiger partial charge in [0.25, 0.3) is 0 Å². The Labute approximate surface area is 125 Å². The van der Waals surface area contributed by atoms with Crippen LogP contribution in [0.25, 0.3) is 0 Å². The second kappa shape index (κ2) is 6.29. The van der Waals surface area contributed by atoms with Gasteiger partial charge in [-0.3, -0.25) is 0 Å². The van der Waals surface area contributed by atoms with Crippen LogP contribution in [-0.2, 0) is 0 Å². The van der Waals surface area contributed by atoms with Gasteiger partial charge < -0.3 is 16.0 Å². The Bertz CT molecular complexity index is 456. The maximum absolute atomic E-state index is 13.4. The number of nitrogens with zero attached hydrogens (tertiary/aromatic N) is 1. The van der Waals surface area contributed by atoms with E-state index in [0.717, 1.165) is 25.9 Å². The largest absolute Gasteiger partial charge is 0.377 e. The van der Waals surface area contributed by atoms with Gasteiger partial charge in [0.05, 0.1) is 16.2 Å². The Morgan fingerprint density at radius 1 is 1.40 bits per heavy atom. The summed E-state index contributed by atoms with van der Waals surface area (Å²) in [4.78, 5) is 2.43. The highest BCUT2D eigenvalue weighted by Crippen LogP contribution is 2.31.